The summed E-state index contributed by atoms with van der Waals surface area (Å²) < 4.78 is 0. The molecule has 0 bridgehead atoms. The molecule has 1 aromatic rings. The highest BCUT2D eigenvalue weighted by molar-refractivity contribution is 5.88. The van der Waals surface area contributed by atoms with Crippen LogP contribution in [0, 0.1) is 10.1 Å². The minimum absolute atomic E-state index is 0.0405. The van der Waals surface area contributed by atoms with Crippen LogP contribution in [0.1, 0.15) is 13.8 Å². The first-order valence-corrected chi connectivity index (χ1v) is 4.69. The second-order valence-corrected chi connectivity index (χ2v) is 3.37. The molecule has 0 aliphatic rings. The Hall–Kier alpha value is -2.17. The van der Waals surface area contributed by atoms with Crippen molar-refractivity contribution in [3.63, 3.8) is 0 Å². The number of non-ortho nitro benzene ring substituents is 1. The normalized spacial score (nSPS) is 11.0. The lowest BCUT2D eigenvalue weighted by atomic mass is 10.2. The summed E-state index contributed by atoms with van der Waals surface area (Å²) in [6, 6.07) is 6.00. The maximum Gasteiger partial charge on any atom is 0.269 e. The molecule has 5 heteroatoms. The van der Waals surface area contributed by atoms with Gasteiger partial charge in [-0.15, -0.1) is 0 Å². The fraction of sp³-hybridized carbons (Fsp3) is 0.182. The predicted octanol–water partition coefficient (Wildman–Crippen LogP) is 2.50. The number of ketones is 1. The van der Waals surface area contributed by atoms with Crippen molar-refractivity contribution in [2.45, 2.75) is 13.8 Å². The van der Waals surface area contributed by atoms with Gasteiger partial charge in [0.2, 0.25) is 0 Å². The van der Waals surface area contributed by atoms with Gasteiger partial charge >= 0.3 is 0 Å². The molecule has 84 valence electrons. The fourth-order valence-corrected chi connectivity index (χ4v) is 1.24. The molecule has 0 amide bonds. The molecule has 0 radical (unpaired) electrons. The summed E-state index contributed by atoms with van der Waals surface area (Å²) in [6.45, 7) is 3.21. The van der Waals surface area contributed by atoms with Crippen molar-refractivity contribution in [3.05, 3.63) is 46.2 Å². The van der Waals surface area contributed by atoms with E-state index in [-0.39, 0.29) is 11.5 Å². The minimum Gasteiger partial charge on any atom is -0.359 e. The first-order valence-electron chi connectivity index (χ1n) is 4.69. The number of nitrogens with one attached hydrogen (secondary N) is 1. The molecule has 0 aliphatic carbocycles. The Morgan fingerprint density at radius 3 is 2.31 bits per heavy atom. The van der Waals surface area contributed by atoms with Gasteiger partial charge in [0, 0.05) is 23.5 Å². The van der Waals surface area contributed by atoms with Crippen LogP contribution in [-0.2, 0) is 4.79 Å². The van der Waals surface area contributed by atoms with Crippen LogP contribution >= 0.6 is 0 Å². The second-order valence-electron chi connectivity index (χ2n) is 3.37. The van der Waals surface area contributed by atoms with Crippen LogP contribution in [-0.4, -0.2) is 10.7 Å². The van der Waals surface area contributed by atoms with E-state index in [1.165, 1.54) is 25.1 Å². The number of allylic oxidation sites excluding steroid dienone is 2. The SMILES string of the molecule is CC(=O)/C=C(/C)Nc1ccc([N+](=O)[O-])cc1. The predicted molar refractivity (Wildman–Crippen MR) is 61.2 cm³/mol. The number of hydrogen-bond acceptors (Lipinski definition) is 4. The molecular formula is C11H12N2O3. The monoisotopic (exact) mass is 220 g/mol. The number of nitro benzene ring substituents is 1. The molecule has 0 saturated carbocycles. The molecule has 0 heterocycles. The summed E-state index contributed by atoms with van der Waals surface area (Å²) in [5.41, 5.74) is 1.45. The number of benzene rings is 1. The quantitative estimate of drug-likeness (QED) is 0.480. The van der Waals surface area contributed by atoms with E-state index in [1.54, 1.807) is 19.1 Å². The third-order valence-corrected chi connectivity index (χ3v) is 1.84. The largest absolute Gasteiger partial charge is 0.359 e. The van der Waals surface area contributed by atoms with Gasteiger partial charge in [0.1, 0.15) is 0 Å². The number of carbonyl (C=O) groups excluding carboxylic acids is 1. The van der Waals surface area contributed by atoms with Crippen LogP contribution in [0.4, 0.5) is 11.4 Å². The zero-order valence-corrected chi connectivity index (χ0v) is 9.06. The van der Waals surface area contributed by atoms with Gasteiger partial charge in [-0.2, -0.15) is 0 Å². The third-order valence-electron chi connectivity index (χ3n) is 1.84. The molecule has 0 aromatic heterocycles. The van der Waals surface area contributed by atoms with Gasteiger partial charge in [-0.3, -0.25) is 14.9 Å². The van der Waals surface area contributed by atoms with Crippen molar-refractivity contribution in [3.8, 4) is 0 Å². The Bertz CT molecular complexity index is 435. The van der Waals surface area contributed by atoms with E-state index in [1.807, 2.05) is 0 Å². The maximum atomic E-state index is 10.8. The molecule has 1 aromatic carbocycles. The Kier molecular flexibility index (Phi) is 3.77. The highest BCUT2D eigenvalue weighted by Gasteiger charge is 2.03. The van der Waals surface area contributed by atoms with E-state index in [2.05, 4.69) is 5.32 Å². The Labute approximate surface area is 92.9 Å². The highest BCUT2D eigenvalue weighted by atomic mass is 16.6. The highest BCUT2D eigenvalue weighted by Crippen LogP contribution is 2.16. The van der Waals surface area contributed by atoms with Crippen LogP contribution in [0.15, 0.2) is 36.0 Å². The summed E-state index contributed by atoms with van der Waals surface area (Å²) in [7, 11) is 0. The van der Waals surface area contributed by atoms with Crippen molar-refractivity contribution in [2.24, 2.45) is 0 Å². The van der Waals surface area contributed by atoms with Gasteiger partial charge in [0.05, 0.1) is 4.92 Å². The maximum absolute atomic E-state index is 10.8. The Morgan fingerprint density at radius 2 is 1.88 bits per heavy atom. The van der Waals surface area contributed by atoms with Gasteiger partial charge < -0.3 is 5.32 Å². The number of nitro groups is 1. The van der Waals surface area contributed by atoms with Gasteiger partial charge in [0.25, 0.3) is 5.69 Å². The molecule has 0 spiro atoms. The topological polar surface area (TPSA) is 72.2 Å². The van der Waals surface area contributed by atoms with Gasteiger partial charge in [-0.25, -0.2) is 0 Å². The van der Waals surface area contributed by atoms with Crippen LogP contribution in [0.25, 0.3) is 0 Å². The number of hydrogen-bond donors (Lipinski definition) is 1. The first-order chi connectivity index (χ1) is 7.49. The lowest BCUT2D eigenvalue weighted by molar-refractivity contribution is -0.384. The van der Waals surface area contributed by atoms with Crippen molar-refractivity contribution in [1.29, 1.82) is 0 Å². The van der Waals surface area contributed by atoms with E-state index in [9.17, 15) is 14.9 Å². The van der Waals surface area contributed by atoms with Crippen molar-refractivity contribution >= 4 is 17.2 Å². The molecule has 5 nitrogen and oxygen atoms in total. The first kappa shape index (κ1) is 11.9. The van der Waals surface area contributed by atoms with Crippen LogP contribution in [0.2, 0.25) is 0 Å². The minimum atomic E-state index is -0.456. The van der Waals surface area contributed by atoms with E-state index < -0.39 is 4.92 Å². The summed E-state index contributed by atoms with van der Waals surface area (Å²) in [5, 5.41) is 13.4. The van der Waals surface area contributed by atoms with E-state index >= 15 is 0 Å². The average molecular weight is 220 g/mol. The zero-order chi connectivity index (χ0) is 12.1. The molecule has 1 N–H and O–H groups in total. The lowest BCUT2D eigenvalue weighted by Gasteiger charge is -2.05. The number of rotatable bonds is 4. The Morgan fingerprint density at radius 1 is 1.31 bits per heavy atom. The summed E-state index contributed by atoms with van der Waals surface area (Å²) in [5.74, 6) is -0.0492. The molecule has 16 heavy (non-hydrogen) atoms. The van der Waals surface area contributed by atoms with Crippen LogP contribution in [0.5, 0.6) is 0 Å². The zero-order valence-electron chi connectivity index (χ0n) is 9.06. The summed E-state index contributed by atoms with van der Waals surface area (Å²) in [6.07, 6.45) is 1.46. The van der Waals surface area contributed by atoms with Gasteiger partial charge in [-0.05, 0) is 32.1 Å². The fourth-order valence-electron chi connectivity index (χ4n) is 1.24. The van der Waals surface area contributed by atoms with Crippen LogP contribution < -0.4 is 5.32 Å². The molecule has 0 unspecified atom stereocenters. The lowest BCUT2D eigenvalue weighted by Crippen LogP contribution is -1.98. The molecule has 0 atom stereocenters. The molecule has 1 rings (SSSR count). The molecule has 0 fully saturated rings. The number of anilines is 1. The van der Waals surface area contributed by atoms with E-state index in [4.69, 9.17) is 0 Å². The van der Waals surface area contributed by atoms with Crippen molar-refractivity contribution < 1.29 is 9.72 Å². The summed E-state index contributed by atoms with van der Waals surface area (Å²) in [4.78, 5) is 20.7. The van der Waals surface area contributed by atoms with Crippen molar-refractivity contribution in [1.82, 2.24) is 0 Å². The standard InChI is InChI=1S/C11H12N2O3/c1-8(7-9(2)14)12-10-3-5-11(6-4-10)13(15)16/h3-7,12H,1-2H3/b8-7-. The summed E-state index contributed by atoms with van der Waals surface area (Å²) >= 11 is 0. The third kappa shape index (κ3) is 3.53. The second kappa shape index (κ2) is 5.06. The number of nitrogens with zero attached hydrogens (tertiary/aromatic N) is 1. The van der Waals surface area contributed by atoms with E-state index in [0.29, 0.717) is 11.4 Å². The molecule has 0 aliphatic heterocycles. The van der Waals surface area contributed by atoms with Gasteiger partial charge in [0.15, 0.2) is 5.78 Å². The average Bonchev–Trinajstić information content (AvgIpc) is 2.16. The molecular weight excluding hydrogens is 208 g/mol. The smallest absolute Gasteiger partial charge is 0.269 e. The molecule has 0 saturated heterocycles. The number of carbonyl (C=O) groups is 1. The van der Waals surface area contributed by atoms with Crippen LogP contribution in [0.3, 0.4) is 0 Å². The van der Waals surface area contributed by atoms with E-state index in [0.717, 1.165) is 0 Å². The van der Waals surface area contributed by atoms with Crippen molar-refractivity contribution in [2.75, 3.05) is 5.32 Å². The van der Waals surface area contributed by atoms with Gasteiger partial charge in [-0.1, -0.05) is 0 Å². The Balaban J connectivity index is 2.76.